The molecule has 3 aromatic heterocycles. The van der Waals surface area contributed by atoms with Crippen molar-refractivity contribution >= 4 is 23.1 Å². The van der Waals surface area contributed by atoms with Crippen molar-refractivity contribution < 1.29 is 9.90 Å². The van der Waals surface area contributed by atoms with Crippen LogP contribution in [0, 0.1) is 0 Å². The molecule has 21 heavy (non-hydrogen) atoms. The number of nitrogens with one attached hydrogen (secondary N) is 1. The molecule has 0 aliphatic carbocycles. The molecule has 0 fully saturated rings. The first kappa shape index (κ1) is 11.6. The summed E-state index contributed by atoms with van der Waals surface area (Å²) in [6.07, 6.45) is 4.02. The Morgan fingerprint density at radius 3 is 3.10 bits per heavy atom. The smallest absolute Gasteiger partial charge is 0.413 e. The molecule has 0 atom stereocenters. The summed E-state index contributed by atoms with van der Waals surface area (Å²) in [6.45, 7) is 0.178. The maximum Gasteiger partial charge on any atom is 0.413 e. The second kappa shape index (κ2) is 4.17. The fourth-order valence-electron chi connectivity index (χ4n) is 2.35. The minimum Gasteiger partial charge on any atom is -0.465 e. The van der Waals surface area contributed by atoms with Gasteiger partial charge in [-0.1, -0.05) is 6.07 Å². The molecule has 0 radical (unpaired) electrons. The van der Waals surface area contributed by atoms with E-state index in [1.807, 2.05) is 24.4 Å². The van der Waals surface area contributed by atoms with Gasteiger partial charge in [-0.15, -0.1) is 0 Å². The fourth-order valence-corrected chi connectivity index (χ4v) is 2.35. The van der Waals surface area contributed by atoms with Gasteiger partial charge in [0, 0.05) is 6.20 Å². The quantitative estimate of drug-likeness (QED) is 0.704. The van der Waals surface area contributed by atoms with Crippen molar-refractivity contribution in [1.82, 2.24) is 19.6 Å². The van der Waals surface area contributed by atoms with Crippen LogP contribution in [0.25, 0.3) is 16.9 Å². The van der Waals surface area contributed by atoms with Crippen molar-refractivity contribution in [3.05, 3.63) is 36.8 Å². The maximum atomic E-state index is 11.1. The van der Waals surface area contributed by atoms with Crippen LogP contribution in [0.4, 0.5) is 16.3 Å². The third kappa shape index (κ3) is 1.69. The molecule has 0 unspecified atom stereocenters. The standard InChI is InChI=1S/C13H10N6O2/c20-13(21)18-7-15-12-10(18)6-14-11(17-12)8-5-16-19-4-2-1-3-9(8)19/h1-6H,7H2,(H,20,21)(H,14,15,17). The van der Waals surface area contributed by atoms with E-state index < -0.39 is 6.09 Å². The Bertz CT molecular complexity index is 859. The number of aromatic nitrogens is 4. The van der Waals surface area contributed by atoms with Crippen molar-refractivity contribution in [2.75, 3.05) is 16.9 Å². The molecular weight excluding hydrogens is 272 g/mol. The number of amides is 1. The van der Waals surface area contributed by atoms with Crippen molar-refractivity contribution in [2.24, 2.45) is 0 Å². The molecule has 0 spiro atoms. The Kier molecular flexibility index (Phi) is 2.31. The predicted octanol–water partition coefficient (Wildman–Crippen LogP) is 1.66. The van der Waals surface area contributed by atoms with Crippen LogP contribution in [0.1, 0.15) is 0 Å². The number of anilines is 2. The molecule has 8 heteroatoms. The number of rotatable bonds is 1. The number of carboxylic acid groups (broad SMARTS) is 1. The van der Waals surface area contributed by atoms with E-state index in [4.69, 9.17) is 5.11 Å². The van der Waals surface area contributed by atoms with E-state index in [-0.39, 0.29) is 6.67 Å². The van der Waals surface area contributed by atoms with Gasteiger partial charge in [0.15, 0.2) is 11.6 Å². The van der Waals surface area contributed by atoms with E-state index in [2.05, 4.69) is 20.4 Å². The topological polar surface area (TPSA) is 95.7 Å². The van der Waals surface area contributed by atoms with Gasteiger partial charge in [0.05, 0.1) is 23.5 Å². The molecule has 2 N–H and O–H groups in total. The maximum absolute atomic E-state index is 11.1. The highest BCUT2D eigenvalue weighted by molar-refractivity contribution is 5.93. The summed E-state index contributed by atoms with van der Waals surface area (Å²) in [4.78, 5) is 20.9. The van der Waals surface area contributed by atoms with Crippen LogP contribution in [0.2, 0.25) is 0 Å². The number of fused-ring (bicyclic) bond motifs is 2. The molecule has 0 saturated heterocycles. The molecular formula is C13H10N6O2. The summed E-state index contributed by atoms with van der Waals surface area (Å²) in [5.74, 6) is 1.02. The summed E-state index contributed by atoms with van der Waals surface area (Å²) in [6, 6.07) is 5.73. The molecule has 1 aliphatic heterocycles. The summed E-state index contributed by atoms with van der Waals surface area (Å²) in [5, 5.41) is 16.3. The fraction of sp³-hybridized carbons (Fsp3) is 0.0769. The van der Waals surface area contributed by atoms with Crippen molar-refractivity contribution in [2.45, 2.75) is 0 Å². The first-order valence-corrected chi connectivity index (χ1v) is 6.28. The zero-order chi connectivity index (χ0) is 14.4. The van der Waals surface area contributed by atoms with Crippen molar-refractivity contribution in [3.63, 3.8) is 0 Å². The SMILES string of the molecule is O=C(O)N1CNc2nc(-c3cnn4ccccc34)ncc21. The van der Waals surface area contributed by atoms with Crippen LogP contribution < -0.4 is 10.2 Å². The Morgan fingerprint density at radius 1 is 1.33 bits per heavy atom. The van der Waals surface area contributed by atoms with Gasteiger partial charge >= 0.3 is 6.09 Å². The van der Waals surface area contributed by atoms with Gasteiger partial charge < -0.3 is 10.4 Å². The van der Waals surface area contributed by atoms with Crippen LogP contribution in [-0.2, 0) is 0 Å². The average molecular weight is 282 g/mol. The third-order valence-electron chi connectivity index (χ3n) is 3.36. The summed E-state index contributed by atoms with van der Waals surface area (Å²) in [7, 11) is 0. The molecule has 3 aromatic rings. The van der Waals surface area contributed by atoms with Gasteiger partial charge in [-0.25, -0.2) is 19.3 Å². The summed E-state index contributed by atoms with van der Waals surface area (Å²) >= 11 is 0. The van der Waals surface area contributed by atoms with Gasteiger partial charge in [0.2, 0.25) is 0 Å². The Labute approximate surface area is 118 Å². The van der Waals surface area contributed by atoms with Gasteiger partial charge in [-0.2, -0.15) is 5.10 Å². The second-order valence-electron chi connectivity index (χ2n) is 4.56. The lowest BCUT2D eigenvalue weighted by atomic mass is 10.2. The lowest BCUT2D eigenvalue weighted by molar-refractivity contribution is 0.202. The van der Waals surface area contributed by atoms with Crippen LogP contribution in [-0.4, -0.2) is 37.5 Å². The minimum absolute atomic E-state index is 0.178. The van der Waals surface area contributed by atoms with Crippen LogP contribution in [0.15, 0.2) is 36.8 Å². The second-order valence-corrected chi connectivity index (χ2v) is 4.56. The normalized spacial score (nSPS) is 13.2. The highest BCUT2D eigenvalue weighted by Crippen LogP contribution is 2.31. The average Bonchev–Trinajstić information content (AvgIpc) is 3.10. The van der Waals surface area contributed by atoms with Gasteiger partial charge in [-0.05, 0) is 12.1 Å². The van der Waals surface area contributed by atoms with Crippen LogP contribution in [0.3, 0.4) is 0 Å². The Morgan fingerprint density at radius 2 is 2.24 bits per heavy atom. The first-order valence-electron chi connectivity index (χ1n) is 6.28. The summed E-state index contributed by atoms with van der Waals surface area (Å²) < 4.78 is 1.74. The Balaban J connectivity index is 1.83. The van der Waals surface area contributed by atoms with Crippen LogP contribution >= 0.6 is 0 Å². The predicted molar refractivity (Wildman–Crippen MR) is 75.2 cm³/mol. The highest BCUT2D eigenvalue weighted by Gasteiger charge is 2.26. The number of carbonyl (C=O) groups is 1. The monoisotopic (exact) mass is 282 g/mol. The molecule has 4 heterocycles. The van der Waals surface area contributed by atoms with E-state index >= 15 is 0 Å². The molecule has 0 saturated carbocycles. The van der Waals surface area contributed by atoms with E-state index in [0.717, 1.165) is 16.0 Å². The molecule has 1 amide bonds. The van der Waals surface area contributed by atoms with E-state index in [0.29, 0.717) is 17.3 Å². The molecule has 8 nitrogen and oxygen atoms in total. The van der Waals surface area contributed by atoms with Gasteiger partial charge in [0.1, 0.15) is 12.4 Å². The molecule has 0 aromatic carbocycles. The number of pyridine rings is 1. The summed E-state index contributed by atoms with van der Waals surface area (Å²) in [5.41, 5.74) is 2.15. The lowest BCUT2D eigenvalue weighted by Crippen LogP contribution is -2.28. The number of hydrogen-bond donors (Lipinski definition) is 2. The molecule has 104 valence electrons. The van der Waals surface area contributed by atoms with E-state index in [1.165, 1.54) is 6.20 Å². The van der Waals surface area contributed by atoms with Gasteiger partial charge in [-0.3, -0.25) is 4.90 Å². The molecule has 0 bridgehead atoms. The van der Waals surface area contributed by atoms with E-state index in [9.17, 15) is 4.79 Å². The zero-order valence-corrected chi connectivity index (χ0v) is 10.8. The van der Waals surface area contributed by atoms with Gasteiger partial charge in [0.25, 0.3) is 0 Å². The largest absolute Gasteiger partial charge is 0.465 e. The number of nitrogens with zero attached hydrogens (tertiary/aromatic N) is 5. The lowest BCUT2D eigenvalue weighted by Gasteiger charge is -2.09. The first-order chi connectivity index (χ1) is 10.2. The minimum atomic E-state index is -1.03. The number of hydrogen-bond acceptors (Lipinski definition) is 5. The molecule has 4 rings (SSSR count). The zero-order valence-electron chi connectivity index (χ0n) is 10.8. The van der Waals surface area contributed by atoms with Crippen molar-refractivity contribution in [1.29, 1.82) is 0 Å². The van der Waals surface area contributed by atoms with E-state index in [1.54, 1.807) is 10.7 Å². The highest BCUT2D eigenvalue weighted by atomic mass is 16.4. The van der Waals surface area contributed by atoms with Crippen LogP contribution in [0.5, 0.6) is 0 Å². The van der Waals surface area contributed by atoms with Crippen molar-refractivity contribution in [3.8, 4) is 11.4 Å². The third-order valence-corrected chi connectivity index (χ3v) is 3.36. The Hall–Kier alpha value is -3.16. The molecule has 1 aliphatic rings.